The number of carbonyl (C=O) groups is 2. The molecule has 3 N–H and O–H groups in total. The molecular formula is C23H21ClFN5O2S. The number of thioether (sulfide) groups is 1. The van der Waals surface area contributed by atoms with E-state index in [0.717, 1.165) is 36.7 Å². The maximum absolute atomic E-state index is 15.1. The second-order valence-corrected chi connectivity index (χ2v) is 8.84. The number of hydrogen-bond donors (Lipinski definition) is 2. The smallest absolute Gasteiger partial charge is 0.290 e. The molecule has 10 heteroatoms. The Hall–Kier alpha value is -3.01. The summed E-state index contributed by atoms with van der Waals surface area (Å²) in [4.78, 5) is 34.5. The number of benzene rings is 1. The number of nitrogens with zero attached hydrogens (tertiary/aromatic N) is 3. The van der Waals surface area contributed by atoms with E-state index in [1.54, 1.807) is 36.5 Å². The van der Waals surface area contributed by atoms with Crippen LogP contribution in [0.5, 0.6) is 0 Å². The van der Waals surface area contributed by atoms with Gasteiger partial charge < -0.3 is 10.6 Å². The van der Waals surface area contributed by atoms with Crippen LogP contribution in [0.1, 0.15) is 18.5 Å². The fourth-order valence-corrected chi connectivity index (χ4v) is 4.74. The Morgan fingerprint density at radius 3 is 2.79 bits per heavy atom. The van der Waals surface area contributed by atoms with Crippen LogP contribution < -0.4 is 16.0 Å². The quantitative estimate of drug-likeness (QED) is 0.538. The van der Waals surface area contributed by atoms with Gasteiger partial charge in [-0.1, -0.05) is 6.07 Å². The van der Waals surface area contributed by atoms with Crippen molar-refractivity contribution >= 4 is 58.1 Å². The summed E-state index contributed by atoms with van der Waals surface area (Å²) in [5.41, 5.74) is 9.77. The summed E-state index contributed by atoms with van der Waals surface area (Å²) in [6.45, 7) is 1.43. The third-order valence-corrected chi connectivity index (χ3v) is 6.39. The van der Waals surface area contributed by atoms with E-state index in [4.69, 9.17) is 5.73 Å². The number of imide groups is 1. The SMILES string of the molecule is Cl.N[C@@H]1CCCN(c2ccc(-c3ccnc4ccc(C=C5SC(=O)NC5=O)nc34)cc2F)C1. The monoisotopic (exact) mass is 485 g/mol. The van der Waals surface area contributed by atoms with Crippen molar-refractivity contribution in [3.05, 3.63) is 59.0 Å². The molecule has 2 saturated heterocycles. The summed E-state index contributed by atoms with van der Waals surface area (Å²) in [6.07, 6.45) is 5.12. The summed E-state index contributed by atoms with van der Waals surface area (Å²) in [5, 5.41) is 1.82. The first-order valence-corrected chi connectivity index (χ1v) is 11.1. The lowest BCUT2D eigenvalue weighted by atomic mass is 10.0. The lowest BCUT2D eigenvalue weighted by molar-refractivity contribution is -0.115. The molecule has 0 unspecified atom stereocenters. The fraction of sp³-hybridized carbons (Fsp3) is 0.217. The van der Waals surface area contributed by atoms with Crippen molar-refractivity contribution in [1.29, 1.82) is 0 Å². The van der Waals surface area contributed by atoms with Gasteiger partial charge in [-0.05, 0) is 66.6 Å². The third kappa shape index (κ3) is 4.71. The second kappa shape index (κ2) is 9.46. The van der Waals surface area contributed by atoms with Gasteiger partial charge in [-0.3, -0.25) is 19.9 Å². The highest BCUT2D eigenvalue weighted by Gasteiger charge is 2.25. The highest BCUT2D eigenvalue weighted by atomic mass is 35.5. The Balaban J connectivity index is 0.00000259. The van der Waals surface area contributed by atoms with Crippen molar-refractivity contribution in [2.24, 2.45) is 5.73 Å². The second-order valence-electron chi connectivity index (χ2n) is 7.83. The zero-order chi connectivity index (χ0) is 22.2. The van der Waals surface area contributed by atoms with Crippen LogP contribution in [0.4, 0.5) is 14.9 Å². The Bertz CT molecular complexity index is 1280. The van der Waals surface area contributed by atoms with E-state index in [2.05, 4.69) is 15.3 Å². The minimum Gasteiger partial charge on any atom is -0.368 e. The van der Waals surface area contributed by atoms with Crippen molar-refractivity contribution in [2.45, 2.75) is 18.9 Å². The van der Waals surface area contributed by atoms with Crippen LogP contribution in [0.2, 0.25) is 0 Å². The van der Waals surface area contributed by atoms with Crippen molar-refractivity contribution in [3.63, 3.8) is 0 Å². The zero-order valence-electron chi connectivity index (χ0n) is 17.5. The van der Waals surface area contributed by atoms with Gasteiger partial charge in [-0.15, -0.1) is 12.4 Å². The zero-order valence-corrected chi connectivity index (χ0v) is 19.1. The molecule has 2 amide bonds. The summed E-state index contributed by atoms with van der Waals surface area (Å²) in [7, 11) is 0. The number of nitrogens with one attached hydrogen (secondary N) is 1. The van der Waals surface area contributed by atoms with E-state index in [1.807, 2.05) is 11.0 Å². The number of aromatic nitrogens is 2. The molecule has 4 heterocycles. The number of piperidine rings is 1. The van der Waals surface area contributed by atoms with Crippen LogP contribution in [0, 0.1) is 5.82 Å². The number of pyridine rings is 2. The van der Waals surface area contributed by atoms with E-state index in [1.165, 1.54) is 6.07 Å². The number of anilines is 1. The van der Waals surface area contributed by atoms with Gasteiger partial charge in [0, 0.05) is 30.9 Å². The van der Waals surface area contributed by atoms with Crippen molar-refractivity contribution < 1.29 is 14.0 Å². The molecule has 2 fully saturated rings. The molecule has 5 rings (SSSR count). The molecule has 0 bridgehead atoms. The Kier molecular flexibility index (Phi) is 6.64. The average molecular weight is 486 g/mol. The van der Waals surface area contributed by atoms with E-state index < -0.39 is 11.1 Å². The molecular weight excluding hydrogens is 465 g/mol. The molecule has 3 aromatic rings. The molecule has 33 heavy (non-hydrogen) atoms. The third-order valence-electron chi connectivity index (χ3n) is 5.58. The molecule has 1 atom stereocenters. The summed E-state index contributed by atoms with van der Waals surface area (Å²) in [6, 6.07) is 10.5. The Labute approximate surface area is 200 Å². The Morgan fingerprint density at radius 2 is 2.06 bits per heavy atom. The maximum Gasteiger partial charge on any atom is 0.290 e. The number of halogens is 2. The largest absolute Gasteiger partial charge is 0.368 e. The number of amides is 2. The predicted octanol–water partition coefficient (Wildman–Crippen LogP) is 4.11. The number of rotatable bonds is 3. The molecule has 2 aliphatic heterocycles. The first-order chi connectivity index (χ1) is 15.5. The van der Waals surface area contributed by atoms with E-state index >= 15 is 4.39 Å². The van der Waals surface area contributed by atoms with Crippen LogP contribution in [0.15, 0.2) is 47.5 Å². The predicted molar refractivity (Wildman–Crippen MR) is 131 cm³/mol. The van der Waals surface area contributed by atoms with Gasteiger partial charge in [0.15, 0.2) is 0 Å². The minimum absolute atomic E-state index is 0. The van der Waals surface area contributed by atoms with Crippen molar-refractivity contribution in [3.8, 4) is 11.1 Å². The van der Waals surface area contributed by atoms with Gasteiger partial charge in [0.2, 0.25) is 0 Å². The van der Waals surface area contributed by atoms with Gasteiger partial charge in [0.25, 0.3) is 11.1 Å². The summed E-state index contributed by atoms with van der Waals surface area (Å²) >= 11 is 0.834. The molecule has 170 valence electrons. The van der Waals surface area contributed by atoms with Crippen LogP contribution in [-0.2, 0) is 4.79 Å². The van der Waals surface area contributed by atoms with Gasteiger partial charge in [0.05, 0.1) is 27.3 Å². The molecule has 1 aromatic carbocycles. The standard InChI is InChI=1S/C23H20FN5O2S.ClH/c24-17-10-13(3-6-19(17)29-9-1-2-14(25)12-29)16-7-8-26-18-5-4-15(27-21(16)18)11-20-22(30)28-23(31)32-20;/h3-8,10-11,14H,1-2,9,12,25H2,(H,28,30,31);1H/t14-;/m1./s1. The van der Waals surface area contributed by atoms with Crippen LogP contribution in [-0.4, -0.2) is 40.2 Å². The van der Waals surface area contributed by atoms with Crippen molar-refractivity contribution in [1.82, 2.24) is 15.3 Å². The van der Waals surface area contributed by atoms with Gasteiger partial charge in [0.1, 0.15) is 5.82 Å². The normalized spacial score (nSPS) is 19.6. The number of fused-ring (bicyclic) bond motifs is 1. The molecule has 0 radical (unpaired) electrons. The van der Waals surface area contributed by atoms with E-state index in [-0.39, 0.29) is 29.2 Å². The van der Waals surface area contributed by atoms with Gasteiger partial charge >= 0.3 is 0 Å². The van der Waals surface area contributed by atoms with Crippen LogP contribution >= 0.6 is 24.2 Å². The molecule has 2 aromatic heterocycles. The van der Waals surface area contributed by atoms with Gasteiger partial charge in [-0.2, -0.15) is 0 Å². The molecule has 7 nitrogen and oxygen atoms in total. The molecule has 0 saturated carbocycles. The minimum atomic E-state index is -0.441. The van der Waals surface area contributed by atoms with Gasteiger partial charge in [-0.25, -0.2) is 9.37 Å². The highest BCUT2D eigenvalue weighted by Crippen LogP contribution is 2.32. The first-order valence-electron chi connectivity index (χ1n) is 10.3. The highest BCUT2D eigenvalue weighted by molar-refractivity contribution is 8.18. The summed E-state index contributed by atoms with van der Waals surface area (Å²) in [5.74, 6) is -0.749. The number of hydrogen-bond acceptors (Lipinski definition) is 7. The first kappa shape index (κ1) is 23.2. The molecule has 0 spiro atoms. The van der Waals surface area contributed by atoms with Crippen LogP contribution in [0.3, 0.4) is 0 Å². The topological polar surface area (TPSA) is 101 Å². The lowest BCUT2D eigenvalue weighted by Crippen LogP contribution is -2.43. The number of nitrogens with two attached hydrogens (primary N) is 1. The Morgan fingerprint density at radius 1 is 1.21 bits per heavy atom. The van der Waals surface area contributed by atoms with Crippen molar-refractivity contribution in [2.75, 3.05) is 18.0 Å². The van der Waals surface area contributed by atoms with E-state index in [0.29, 0.717) is 34.5 Å². The lowest BCUT2D eigenvalue weighted by Gasteiger charge is -2.32. The molecule has 2 aliphatic rings. The number of carbonyl (C=O) groups excluding carboxylic acids is 2. The average Bonchev–Trinajstić information content (AvgIpc) is 3.09. The summed E-state index contributed by atoms with van der Waals surface area (Å²) < 4.78 is 15.1. The molecule has 0 aliphatic carbocycles. The fourth-order valence-electron chi connectivity index (χ4n) is 4.07. The van der Waals surface area contributed by atoms with E-state index in [9.17, 15) is 9.59 Å². The maximum atomic E-state index is 15.1. The van der Waals surface area contributed by atoms with Crippen LogP contribution in [0.25, 0.3) is 28.2 Å².